The minimum atomic E-state index is 0.677. The molecule has 3 nitrogen and oxygen atoms in total. The zero-order valence-electron chi connectivity index (χ0n) is 6.07. The zero-order valence-corrected chi connectivity index (χ0v) is 7.65. The predicted octanol–water partition coefficient (Wildman–Crippen LogP) is 2.50. The minimum Gasteiger partial charge on any atom is -0.355 e. The van der Waals surface area contributed by atoms with Crippen molar-refractivity contribution in [2.75, 3.05) is 0 Å². The Kier molecular flexibility index (Phi) is 1.91. The first-order valence-electron chi connectivity index (χ1n) is 3.40. The summed E-state index contributed by atoms with van der Waals surface area (Å²) in [6, 6.07) is 7.40. The van der Waals surface area contributed by atoms with Gasteiger partial charge in [0.15, 0.2) is 5.76 Å². The van der Waals surface area contributed by atoms with E-state index >= 15 is 0 Å². The third-order valence-electron chi connectivity index (χ3n) is 1.41. The normalized spacial score (nSPS) is 10.1. The van der Waals surface area contributed by atoms with Crippen molar-refractivity contribution in [2.45, 2.75) is 0 Å². The van der Waals surface area contributed by atoms with Crippen molar-refractivity contribution >= 4 is 15.9 Å². The quantitative estimate of drug-likeness (QED) is 0.700. The predicted molar refractivity (Wildman–Crippen MR) is 47.4 cm³/mol. The summed E-state index contributed by atoms with van der Waals surface area (Å²) in [5, 5.41) is 3.60. The van der Waals surface area contributed by atoms with Crippen molar-refractivity contribution in [2.24, 2.45) is 0 Å². The Hall–Kier alpha value is -1.16. The number of hydrogen-bond acceptors (Lipinski definition) is 3. The van der Waals surface area contributed by atoms with Crippen LogP contribution in [0.15, 0.2) is 39.6 Å². The number of nitrogens with zero attached hydrogens (tertiary/aromatic N) is 2. The smallest absolute Gasteiger partial charge is 0.185 e. The molecule has 0 fully saturated rings. The van der Waals surface area contributed by atoms with Crippen molar-refractivity contribution in [3.05, 3.63) is 35.1 Å². The lowest BCUT2D eigenvalue weighted by molar-refractivity contribution is 0.431. The number of halogens is 1. The highest BCUT2D eigenvalue weighted by atomic mass is 79.9. The molecule has 2 heterocycles. The molecule has 0 saturated heterocycles. The van der Waals surface area contributed by atoms with Crippen LogP contribution >= 0.6 is 15.9 Å². The molecule has 0 aliphatic rings. The first kappa shape index (κ1) is 7.49. The number of hydrogen-bond donors (Lipinski definition) is 0. The van der Waals surface area contributed by atoms with Gasteiger partial charge < -0.3 is 4.52 Å². The molecule has 60 valence electrons. The molecule has 0 amide bonds. The van der Waals surface area contributed by atoms with Crippen molar-refractivity contribution in [1.82, 2.24) is 10.1 Å². The molecule has 0 radical (unpaired) electrons. The molecule has 0 saturated carbocycles. The van der Waals surface area contributed by atoms with Crippen LogP contribution in [0.3, 0.4) is 0 Å². The molecule has 12 heavy (non-hydrogen) atoms. The van der Waals surface area contributed by atoms with Gasteiger partial charge in [0.2, 0.25) is 0 Å². The summed E-state index contributed by atoms with van der Waals surface area (Å²) in [7, 11) is 0. The summed E-state index contributed by atoms with van der Waals surface area (Å²) in [5.74, 6) is 0.677. The van der Waals surface area contributed by atoms with Gasteiger partial charge in [0, 0.05) is 6.07 Å². The Balaban J connectivity index is 2.48. The third kappa shape index (κ3) is 1.38. The maximum absolute atomic E-state index is 4.94. The molecule has 0 spiro atoms. The average Bonchev–Trinajstić information content (AvgIpc) is 2.56. The Labute approximate surface area is 77.5 Å². The fourth-order valence-electron chi connectivity index (χ4n) is 0.893. The van der Waals surface area contributed by atoms with Crippen LogP contribution in [0.4, 0.5) is 0 Å². The number of pyridine rings is 1. The van der Waals surface area contributed by atoms with Gasteiger partial charge in [-0.05, 0) is 28.1 Å². The average molecular weight is 225 g/mol. The number of rotatable bonds is 1. The summed E-state index contributed by atoms with van der Waals surface area (Å²) >= 11 is 3.27. The molecule has 2 rings (SSSR count). The second-order valence-electron chi connectivity index (χ2n) is 2.22. The second kappa shape index (κ2) is 3.06. The molecule has 2 aromatic heterocycles. The highest BCUT2D eigenvalue weighted by Crippen LogP contribution is 2.17. The highest BCUT2D eigenvalue weighted by Gasteiger charge is 2.02. The molecular weight excluding hydrogens is 220 g/mol. The monoisotopic (exact) mass is 224 g/mol. The summed E-state index contributed by atoms with van der Waals surface area (Å²) in [6.45, 7) is 0. The van der Waals surface area contributed by atoms with E-state index in [4.69, 9.17) is 4.52 Å². The van der Waals surface area contributed by atoms with Gasteiger partial charge in [-0.3, -0.25) is 0 Å². The van der Waals surface area contributed by atoms with Gasteiger partial charge in [-0.15, -0.1) is 0 Å². The molecule has 2 aromatic rings. The standard InChI is InChI=1S/C8H5BrN2O/c9-8-3-1-2-6(11-8)7-4-5-10-12-7/h1-5H. The van der Waals surface area contributed by atoms with Crippen LogP contribution in [0.5, 0.6) is 0 Å². The van der Waals surface area contributed by atoms with E-state index in [0.717, 1.165) is 10.3 Å². The molecule has 0 aliphatic carbocycles. The van der Waals surface area contributed by atoms with E-state index in [1.807, 2.05) is 18.2 Å². The molecule has 0 aromatic carbocycles. The van der Waals surface area contributed by atoms with Crippen molar-refractivity contribution in [3.8, 4) is 11.5 Å². The van der Waals surface area contributed by atoms with E-state index in [1.165, 1.54) is 0 Å². The SMILES string of the molecule is Brc1cccc(-c2ccno2)n1. The van der Waals surface area contributed by atoms with Crippen LogP contribution in [0, 0.1) is 0 Å². The lowest BCUT2D eigenvalue weighted by atomic mass is 10.3. The van der Waals surface area contributed by atoms with Crippen molar-refractivity contribution in [3.63, 3.8) is 0 Å². The van der Waals surface area contributed by atoms with Gasteiger partial charge in [-0.1, -0.05) is 11.2 Å². The first-order chi connectivity index (χ1) is 5.86. The van der Waals surface area contributed by atoms with Crippen LogP contribution in [-0.2, 0) is 0 Å². The van der Waals surface area contributed by atoms with E-state index < -0.39 is 0 Å². The van der Waals surface area contributed by atoms with Gasteiger partial charge in [0.25, 0.3) is 0 Å². The van der Waals surface area contributed by atoms with Gasteiger partial charge in [0.1, 0.15) is 10.3 Å². The van der Waals surface area contributed by atoms with Crippen LogP contribution in [-0.4, -0.2) is 10.1 Å². The highest BCUT2D eigenvalue weighted by molar-refractivity contribution is 9.10. The van der Waals surface area contributed by atoms with Gasteiger partial charge >= 0.3 is 0 Å². The Morgan fingerprint density at radius 1 is 1.25 bits per heavy atom. The molecule has 4 heteroatoms. The van der Waals surface area contributed by atoms with Crippen LogP contribution in [0.2, 0.25) is 0 Å². The molecule has 0 bridgehead atoms. The van der Waals surface area contributed by atoms with Gasteiger partial charge in [-0.25, -0.2) is 4.98 Å². The maximum atomic E-state index is 4.94. The van der Waals surface area contributed by atoms with Crippen LogP contribution < -0.4 is 0 Å². The Morgan fingerprint density at radius 2 is 2.17 bits per heavy atom. The summed E-state index contributed by atoms with van der Waals surface area (Å²) < 4.78 is 5.73. The summed E-state index contributed by atoms with van der Waals surface area (Å²) in [5.41, 5.74) is 0.780. The molecule has 0 atom stereocenters. The number of aromatic nitrogens is 2. The van der Waals surface area contributed by atoms with Crippen LogP contribution in [0.25, 0.3) is 11.5 Å². The van der Waals surface area contributed by atoms with E-state index in [-0.39, 0.29) is 0 Å². The molecule has 0 unspecified atom stereocenters. The largest absolute Gasteiger partial charge is 0.355 e. The zero-order chi connectivity index (χ0) is 8.39. The Morgan fingerprint density at radius 3 is 2.83 bits per heavy atom. The Bertz CT molecular complexity index is 372. The second-order valence-corrected chi connectivity index (χ2v) is 3.03. The van der Waals surface area contributed by atoms with Gasteiger partial charge in [0.05, 0.1) is 6.20 Å². The lowest BCUT2D eigenvalue weighted by Crippen LogP contribution is -1.80. The van der Waals surface area contributed by atoms with Crippen molar-refractivity contribution in [1.29, 1.82) is 0 Å². The summed E-state index contributed by atoms with van der Waals surface area (Å²) in [6.07, 6.45) is 1.60. The van der Waals surface area contributed by atoms with E-state index in [0.29, 0.717) is 5.76 Å². The molecular formula is C8H5BrN2O. The molecule has 0 N–H and O–H groups in total. The maximum Gasteiger partial charge on any atom is 0.185 e. The fraction of sp³-hybridized carbons (Fsp3) is 0. The first-order valence-corrected chi connectivity index (χ1v) is 4.19. The van der Waals surface area contributed by atoms with E-state index in [2.05, 4.69) is 26.1 Å². The van der Waals surface area contributed by atoms with Crippen LogP contribution in [0.1, 0.15) is 0 Å². The van der Waals surface area contributed by atoms with E-state index in [1.54, 1.807) is 12.3 Å². The van der Waals surface area contributed by atoms with Gasteiger partial charge in [-0.2, -0.15) is 0 Å². The molecule has 0 aliphatic heterocycles. The summed E-state index contributed by atoms with van der Waals surface area (Å²) in [4.78, 5) is 4.20. The lowest BCUT2D eigenvalue weighted by Gasteiger charge is -1.93. The fourth-order valence-corrected chi connectivity index (χ4v) is 1.24. The van der Waals surface area contributed by atoms with E-state index in [9.17, 15) is 0 Å². The topological polar surface area (TPSA) is 38.9 Å². The van der Waals surface area contributed by atoms with Crippen molar-refractivity contribution < 1.29 is 4.52 Å². The minimum absolute atomic E-state index is 0.677. The third-order valence-corrected chi connectivity index (χ3v) is 1.85.